The van der Waals surface area contributed by atoms with Gasteiger partial charge in [0.15, 0.2) is 0 Å². The lowest BCUT2D eigenvalue weighted by atomic mass is 9.86. The third kappa shape index (κ3) is 4.74. The van der Waals surface area contributed by atoms with Crippen LogP contribution in [0.15, 0.2) is 65.0 Å². The van der Waals surface area contributed by atoms with Crippen molar-refractivity contribution < 1.29 is 4.79 Å². The van der Waals surface area contributed by atoms with Gasteiger partial charge in [-0.25, -0.2) is 0 Å². The van der Waals surface area contributed by atoms with Crippen LogP contribution >= 0.6 is 0 Å². The average Bonchev–Trinajstić information content (AvgIpc) is 3.04. The molecule has 0 saturated carbocycles. The largest absolute Gasteiger partial charge is 0.304 e. The standard InChI is InChI=1S/C30H37N3O/c1-4-32-16-14-23(15-17-32)26-11-13-27-12-8-21(2)28(19-30(34)33(27)20-26)25-10-9-24-7-5-6-22(3)31-29(24)18-25/h9-13,18-21,23H,4-8,14-17H2,1-3H3/b27-12?,28-19+. The third-order valence-corrected chi connectivity index (χ3v) is 7.95. The number of allylic oxidation sites excluding steroid dienone is 5. The van der Waals surface area contributed by atoms with E-state index >= 15 is 0 Å². The molecule has 0 bridgehead atoms. The van der Waals surface area contributed by atoms with E-state index in [0.29, 0.717) is 5.92 Å². The molecule has 4 aliphatic rings. The van der Waals surface area contributed by atoms with Crippen LogP contribution < -0.4 is 0 Å². The second kappa shape index (κ2) is 9.87. The third-order valence-electron chi connectivity index (χ3n) is 7.95. The van der Waals surface area contributed by atoms with Crippen LogP contribution in [0.2, 0.25) is 0 Å². The molecule has 4 heterocycles. The van der Waals surface area contributed by atoms with Gasteiger partial charge in [-0.15, -0.1) is 0 Å². The molecular weight excluding hydrogens is 418 g/mol. The van der Waals surface area contributed by atoms with E-state index in [1.165, 1.54) is 16.8 Å². The summed E-state index contributed by atoms with van der Waals surface area (Å²) in [6.45, 7) is 9.99. The Balaban J connectivity index is 1.43. The number of likely N-dealkylation sites (tertiary alicyclic amines) is 1. The van der Waals surface area contributed by atoms with Crippen molar-refractivity contribution in [3.63, 3.8) is 0 Å². The van der Waals surface area contributed by atoms with Crippen LogP contribution in [-0.2, 0) is 11.2 Å². The summed E-state index contributed by atoms with van der Waals surface area (Å²) in [7, 11) is 0. The maximum atomic E-state index is 13.5. The number of hydrogen-bond acceptors (Lipinski definition) is 3. The minimum atomic E-state index is 0.0512. The number of carbonyl (C=O) groups excluding carboxylic acids is 1. The first-order valence-corrected chi connectivity index (χ1v) is 13.1. The quantitative estimate of drug-likeness (QED) is 0.526. The number of nitrogens with zero attached hydrogens (tertiary/aromatic N) is 3. The lowest BCUT2D eigenvalue weighted by Crippen LogP contribution is -2.35. The minimum absolute atomic E-state index is 0.0512. The van der Waals surface area contributed by atoms with Gasteiger partial charge in [-0.1, -0.05) is 38.1 Å². The Morgan fingerprint density at radius 1 is 1.12 bits per heavy atom. The lowest BCUT2D eigenvalue weighted by molar-refractivity contribution is -0.122. The molecule has 0 aromatic heterocycles. The molecule has 4 heteroatoms. The van der Waals surface area contributed by atoms with Crippen molar-refractivity contribution in [2.45, 2.75) is 59.3 Å². The highest BCUT2D eigenvalue weighted by atomic mass is 16.2. The maximum Gasteiger partial charge on any atom is 0.255 e. The van der Waals surface area contributed by atoms with Crippen molar-refractivity contribution in [1.82, 2.24) is 9.80 Å². The van der Waals surface area contributed by atoms with E-state index < -0.39 is 0 Å². The van der Waals surface area contributed by atoms with Gasteiger partial charge >= 0.3 is 0 Å². The number of aliphatic imine (C=N–C) groups is 1. The van der Waals surface area contributed by atoms with Crippen molar-refractivity contribution in [2.24, 2.45) is 16.8 Å². The molecule has 34 heavy (non-hydrogen) atoms. The molecule has 1 fully saturated rings. The number of amides is 1. The lowest BCUT2D eigenvalue weighted by Gasteiger charge is -2.34. The van der Waals surface area contributed by atoms with Gasteiger partial charge in [0.25, 0.3) is 5.91 Å². The molecular formula is C30H37N3O. The van der Waals surface area contributed by atoms with Crippen molar-refractivity contribution in [2.75, 3.05) is 19.6 Å². The highest BCUT2D eigenvalue weighted by Crippen LogP contribution is 2.36. The first kappa shape index (κ1) is 23.0. The fourth-order valence-electron chi connectivity index (χ4n) is 5.70. The first-order valence-electron chi connectivity index (χ1n) is 13.1. The normalized spacial score (nSPS) is 25.7. The van der Waals surface area contributed by atoms with Crippen LogP contribution in [0.4, 0.5) is 5.69 Å². The highest BCUT2D eigenvalue weighted by molar-refractivity contribution is 5.98. The smallest absolute Gasteiger partial charge is 0.255 e. The molecule has 5 rings (SSSR count). The molecule has 0 aliphatic carbocycles. The Labute approximate surface area is 204 Å². The molecule has 1 unspecified atom stereocenters. The molecule has 1 amide bonds. The number of rotatable bonds is 3. The number of benzene rings is 1. The summed E-state index contributed by atoms with van der Waals surface area (Å²) in [6, 6.07) is 6.61. The Morgan fingerprint density at radius 3 is 2.74 bits per heavy atom. The molecule has 4 nitrogen and oxygen atoms in total. The van der Waals surface area contributed by atoms with Gasteiger partial charge in [0.05, 0.1) is 5.69 Å². The molecule has 1 saturated heterocycles. The minimum Gasteiger partial charge on any atom is -0.304 e. The van der Waals surface area contributed by atoms with Gasteiger partial charge in [-0.05, 0) is 111 Å². The number of carbonyl (C=O) groups is 1. The molecule has 0 radical (unpaired) electrons. The molecule has 4 aliphatic heterocycles. The zero-order chi connectivity index (χ0) is 23.7. The van der Waals surface area contributed by atoms with Crippen LogP contribution in [0.1, 0.15) is 64.0 Å². The predicted octanol–water partition coefficient (Wildman–Crippen LogP) is 6.44. The second-order valence-corrected chi connectivity index (χ2v) is 10.3. The molecule has 0 spiro atoms. The van der Waals surface area contributed by atoms with Gasteiger partial charge in [0.1, 0.15) is 0 Å². The molecule has 1 aromatic carbocycles. The van der Waals surface area contributed by atoms with Crippen molar-refractivity contribution in [3.05, 3.63) is 71.1 Å². The summed E-state index contributed by atoms with van der Waals surface area (Å²) >= 11 is 0. The van der Waals surface area contributed by atoms with Gasteiger partial charge in [-0.3, -0.25) is 14.7 Å². The average molecular weight is 456 g/mol. The van der Waals surface area contributed by atoms with E-state index in [0.717, 1.165) is 80.7 Å². The van der Waals surface area contributed by atoms with E-state index in [9.17, 15) is 4.79 Å². The molecule has 1 aromatic rings. The molecule has 1 atom stereocenters. The Bertz CT molecular complexity index is 1110. The second-order valence-electron chi connectivity index (χ2n) is 10.3. The van der Waals surface area contributed by atoms with Gasteiger partial charge in [0.2, 0.25) is 0 Å². The summed E-state index contributed by atoms with van der Waals surface area (Å²) in [4.78, 5) is 22.8. The van der Waals surface area contributed by atoms with Crippen molar-refractivity contribution >= 4 is 22.9 Å². The van der Waals surface area contributed by atoms with Crippen molar-refractivity contribution in [3.8, 4) is 0 Å². The predicted molar refractivity (Wildman–Crippen MR) is 141 cm³/mol. The monoisotopic (exact) mass is 455 g/mol. The van der Waals surface area contributed by atoms with E-state index in [-0.39, 0.29) is 11.8 Å². The summed E-state index contributed by atoms with van der Waals surface area (Å²) < 4.78 is 0. The maximum absolute atomic E-state index is 13.5. The number of piperidine rings is 1. The molecule has 178 valence electrons. The fourth-order valence-corrected chi connectivity index (χ4v) is 5.70. The topological polar surface area (TPSA) is 35.9 Å². The van der Waals surface area contributed by atoms with Crippen LogP contribution in [0, 0.1) is 11.8 Å². The zero-order valence-corrected chi connectivity index (χ0v) is 20.9. The van der Waals surface area contributed by atoms with Crippen LogP contribution in [0.5, 0.6) is 0 Å². The number of fused-ring (bicyclic) bond motifs is 2. The summed E-state index contributed by atoms with van der Waals surface area (Å²) in [6.07, 6.45) is 17.1. The van der Waals surface area contributed by atoms with E-state index in [4.69, 9.17) is 4.99 Å². The Kier molecular flexibility index (Phi) is 6.69. The SMILES string of the molecule is CCN1CCC(C2=CN3C(=O)/C=C(/c4ccc5c(c4)N=C(C)CCC5)C(C)CC=C3C=C2)CC1. The van der Waals surface area contributed by atoms with Crippen molar-refractivity contribution in [1.29, 1.82) is 0 Å². The highest BCUT2D eigenvalue weighted by Gasteiger charge is 2.27. The summed E-state index contributed by atoms with van der Waals surface area (Å²) in [5, 5.41) is 0. The Hall–Kier alpha value is -2.72. The van der Waals surface area contributed by atoms with E-state index in [1.807, 2.05) is 11.0 Å². The summed E-state index contributed by atoms with van der Waals surface area (Å²) in [5.41, 5.74) is 8.12. The van der Waals surface area contributed by atoms with Crippen LogP contribution in [0.3, 0.4) is 0 Å². The van der Waals surface area contributed by atoms with Crippen LogP contribution in [0.25, 0.3) is 5.57 Å². The van der Waals surface area contributed by atoms with Crippen LogP contribution in [-0.4, -0.2) is 41.1 Å². The fraction of sp³-hybridized carbons (Fsp3) is 0.467. The van der Waals surface area contributed by atoms with E-state index in [1.54, 1.807) is 0 Å². The van der Waals surface area contributed by atoms with E-state index in [2.05, 4.69) is 68.3 Å². The molecule has 0 N–H and O–H groups in total. The van der Waals surface area contributed by atoms with Gasteiger partial charge in [-0.2, -0.15) is 0 Å². The summed E-state index contributed by atoms with van der Waals surface area (Å²) in [5.74, 6) is 0.854. The Morgan fingerprint density at radius 2 is 1.94 bits per heavy atom. The zero-order valence-electron chi connectivity index (χ0n) is 20.9. The van der Waals surface area contributed by atoms with Gasteiger partial charge < -0.3 is 4.90 Å². The number of aryl methyl sites for hydroxylation is 1. The van der Waals surface area contributed by atoms with Gasteiger partial charge in [0, 0.05) is 23.7 Å². The number of hydrogen-bond donors (Lipinski definition) is 0. The first-order chi connectivity index (χ1) is 16.5.